The Morgan fingerprint density at radius 1 is 0.286 bits per heavy atom. The minimum absolute atomic E-state index is 1.05. The summed E-state index contributed by atoms with van der Waals surface area (Å²) >= 11 is 0. The van der Waals surface area contributed by atoms with Crippen LogP contribution in [0.1, 0.15) is 17.7 Å². The normalized spacial score (nSPS) is 12.6. The van der Waals surface area contributed by atoms with Crippen LogP contribution in [0.25, 0.3) is 111 Å². The third-order valence-electron chi connectivity index (χ3n) is 13.3. The molecule has 296 valence electrons. The smallest absolute Gasteiger partial charge is 0.0541 e. The first-order valence-electron chi connectivity index (χ1n) is 22.0. The van der Waals surface area contributed by atoms with E-state index in [4.69, 9.17) is 0 Å². The highest BCUT2D eigenvalue weighted by molar-refractivity contribution is 6.12. The molecule has 13 rings (SSSR count). The monoisotopic (exact) mass is 803 g/mol. The number of hydrogen-bond donors (Lipinski definition) is 0. The SMILES string of the molecule is C1=Cc2c(n(-c3ccc(-c4ccc5c(c4)c4cc(-c6ccc(-n7c8ccccc8c8ccccc87)cc6)ccc4n5-c4cccc(-c5ccccc5)c4)cc3)c3ccccc23)CC1. The Hall–Kier alpha value is -8.14. The summed E-state index contributed by atoms with van der Waals surface area (Å²) in [5.41, 5.74) is 19.5. The molecular weight excluding hydrogens is 763 g/mol. The van der Waals surface area contributed by atoms with E-state index in [1.807, 2.05) is 0 Å². The van der Waals surface area contributed by atoms with Crippen LogP contribution >= 0.6 is 0 Å². The minimum Gasteiger partial charge on any atom is -0.313 e. The molecule has 9 aromatic carbocycles. The summed E-state index contributed by atoms with van der Waals surface area (Å²) in [5.74, 6) is 0. The van der Waals surface area contributed by atoms with Crippen LogP contribution in [0.3, 0.4) is 0 Å². The summed E-state index contributed by atoms with van der Waals surface area (Å²) in [7, 11) is 0. The van der Waals surface area contributed by atoms with Gasteiger partial charge in [-0.25, -0.2) is 0 Å². The van der Waals surface area contributed by atoms with E-state index in [1.165, 1.54) is 105 Å². The lowest BCUT2D eigenvalue weighted by molar-refractivity contribution is 0.888. The first-order chi connectivity index (χ1) is 31.2. The van der Waals surface area contributed by atoms with E-state index in [9.17, 15) is 0 Å². The van der Waals surface area contributed by atoms with Crippen molar-refractivity contribution in [1.82, 2.24) is 13.7 Å². The van der Waals surface area contributed by atoms with E-state index in [-0.39, 0.29) is 0 Å². The van der Waals surface area contributed by atoms with E-state index in [2.05, 4.69) is 238 Å². The molecule has 1 aliphatic carbocycles. The quantitative estimate of drug-likeness (QED) is 0.159. The molecule has 0 saturated heterocycles. The van der Waals surface area contributed by atoms with Crippen molar-refractivity contribution in [3.05, 3.63) is 230 Å². The molecule has 0 saturated carbocycles. The van der Waals surface area contributed by atoms with Gasteiger partial charge in [0, 0.05) is 55.3 Å². The molecule has 0 atom stereocenters. The topological polar surface area (TPSA) is 14.8 Å². The molecule has 3 aromatic heterocycles. The first kappa shape index (κ1) is 35.6. The van der Waals surface area contributed by atoms with Crippen molar-refractivity contribution in [2.45, 2.75) is 12.8 Å². The number of nitrogens with zero attached hydrogens (tertiary/aromatic N) is 3. The molecule has 0 unspecified atom stereocenters. The van der Waals surface area contributed by atoms with Gasteiger partial charge in [-0.1, -0.05) is 146 Å². The number of aromatic nitrogens is 3. The fraction of sp³-hybridized carbons (Fsp3) is 0.0333. The third kappa shape index (κ3) is 5.67. The van der Waals surface area contributed by atoms with E-state index < -0.39 is 0 Å². The van der Waals surface area contributed by atoms with Gasteiger partial charge in [0.2, 0.25) is 0 Å². The maximum Gasteiger partial charge on any atom is 0.0541 e. The van der Waals surface area contributed by atoms with Gasteiger partial charge in [-0.2, -0.15) is 0 Å². The van der Waals surface area contributed by atoms with Crippen LogP contribution in [0.5, 0.6) is 0 Å². The maximum atomic E-state index is 2.47. The zero-order valence-corrected chi connectivity index (χ0v) is 34.6. The number of para-hydroxylation sites is 3. The van der Waals surface area contributed by atoms with E-state index in [0.717, 1.165) is 24.2 Å². The molecule has 63 heavy (non-hydrogen) atoms. The number of rotatable bonds is 6. The van der Waals surface area contributed by atoms with Crippen molar-refractivity contribution in [2.75, 3.05) is 0 Å². The van der Waals surface area contributed by atoms with Gasteiger partial charge in [0.15, 0.2) is 0 Å². The number of allylic oxidation sites excluding steroid dienone is 1. The Labute approximate surface area is 365 Å². The summed E-state index contributed by atoms with van der Waals surface area (Å²) in [5, 5.41) is 6.33. The second kappa shape index (κ2) is 14.2. The lowest BCUT2D eigenvalue weighted by atomic mass is 10.00. The van der Waals surface area contributed by atoms with E-state index in [1.54, 1.807) is 0 Å². The molecule has 0 N–H and O–H groups in total. The van der Waals surface area contributed by atoms with Gasteiger partial charge in [-0.3, -0.25) is 0 Å². The van der Waals surface area contributed by atoms with Gasteiger partial charge in [0.1, 0.15) is 0 Å². The summed E-state index contributed by atoms with van der Waals surface area (Å²) in [6.45, 7) is 0. The zero-order valence-electron chi connectivity index (χ0n) is 34.6. The Balaban J connectivity index is 0.940. The second-order valence-corrected chi connectivity index (χ2v) is 16.8. The van der Waals surface area contributed by atoms with Crippen LogP contribution in [0.4, 0.5) is 0 Å². The standard InChI is InChI=1S/C60H41N3/c1-2-13-40(14-3-1)43-15-12-16-48(37-43)63-59-35-29-44(41-25-31-46(32-26-41)61-55-21-8-4-17-49(55)50-18-5-9-22-56(50)61)38-53(59)54-39-45(30-36-60(54)63)42-27-33-47(34-28-42)62-57-23-10-6-19-51(57)52-20-7-11-24-58(52)62/h1-10,12-23,25-39H,11,24H2. The van der Waals surface area contributed by atoms with Crippen molar-refractivity contribution in [2.24, 2.45) is 0 Å². The third-order valence-corrected chi connectivity index (χ3v) is 13.3. The number of fused-ring (bicyclic) bond motifs is 9. The average molecular weight is 804 g/mol. The predicted molar refractivity (Wildman–Crippen MR) is 266 cm³/mol. The lowest BCUT2D eigenvalue weighted by Crippen LogP contribution is -2.02. The molecule has 0 amide bonds. The Kier molecular flexibility index (Phi) is 8.04. The van der Waals surface area contributed by atoms with Crippen molar-refractivity contribution in [1.29, 1.82) is 0 Å². The predicted octanol–water partition coefficient (Wildman–Crippen LogP) is 15.8. The van der Waals surface area contributed by atoms with Gasteiger partial charge in [0.05, 0.1) is 27.6 Å². The largest absolute Gasteiger partial charge is 0.313 e. The second-order valence-electron chi connectivity index (χ2n) is 16.8. The van der Waals surface area contributed by atoms with Crippen LogP contribution in [-0.4, -0.2) is 13.7 Å². The summed E-state index contributed by atoms with van der Waals surface area (Å²) in [6.07, 6.45) is 6.73. The highest BCUT2D eigenvalue weighted by Crippen LogP contribution is 2.40. The molecule has 0 fully saturated rings. The highest BCUT2D eigenvalue weighted by Gasteiger charge is 2.20. The molecular formula is C60H41N3. The van der Waals surface area contributed by atoms with Crippen LogP contribution < -0.4 is 0 Å². The molecule has 0 radical (unpaired) electrons. The fourth-order valence-electron chi connectivity index (χ4n) is 10.4. The van der Waals surface area contributed by atoms with Gasteiger partial charge in [-0.15, -0.1) is 0 Å². The van der Waals surface area contributed by atoms with Crippen molar-refractivity contribution in [3.63, 3.8) is 0 Å². The van der Waals surface area contributed by atoms with Crippen LogP contribution in [-0.2, 0) is 6.42 Å². The number of hydrogen-bond acceptors (Lipinski definition) is 0. The molecule has 0 bridgehead atoms. The molecule has 3 heteroatoms. The van der Waals surface area contributed by atoms with Crippen LogP contribution in [0, 0.1) is 0 Å². The summed E-state index contributed by atoms with van der Waals surface area (Å²) < 4.78 is 7.29. The molecule has 3 heterocycles. The Morgan fingerprint density at radius 3 is 1.35 bits per heavy atom. The molecule has 0 aliphatic heterocycles. The van der Waals surface area contributed by atoms with E-state index >= 15 is 0 Å². The van der Waals surface area contributed by atoms with Crippen molar-refractivity contribution < 1.29 is 0 Å². The fourth-order valence-corrected chi connectivity index (χ4v) is 10.4. The highest BCUT2D eigenvalue weighted by atomic mass is 15.0. The Morgan fingerprint density at radius 2 is 0.730 bits per heavy atom. The summed E-state index contributed by atoms with van der Waals surface area (Å²) in [6, 6.07) is 78.1. The molecule has 12 aromatic rings. The van der Waals surface area contributed by atoms with Gasteiger partial charge in [-0.05, 0) is 125 Å². The van der Waals surface area contributed by atoms with Crippen molar-refractivity contribution >= 4 is 60.6 Å². The summed E-state index contributed by atoms with van der Waals surface area (Å²) in [4.78, 5) is 0. The molecule has 3 nitrogen and oxygen atoms in total. The van der Waals surface area contributed by atoms with E-state index in [0.29, 0.717) is 0 Å². The molecule has 0 spiro atoms. The van der Waals surface area contributed by atoms with Crippen LogP contribution in [0.2, 0.25) is 0 Å². The maximum absolute atomic E-state index is 2.47. The first-order valence-corrected chi connectivity index (χ1v) is 22.0. The van der Waals surface area contributed by atoms with Gasteiger partial charge >= 0.3 is 0 Å². The lowest BCUT2D eigenvalue weighted by Gasteiger charge is -2.14. The zero-order chi connectivity index (χ0) is 41.4. The Bertz CT molecular complexity index is 3710. The number of benzene rings is 9. The van der Waals surface area contributed by atoms with Crippen molar-refractivity contribution in [3.8, 4) is 50.4 Å². The van der Waals surface area contributed by atoms with Crippen LogP contribution in [0.15, 0.2) is 218 Å². The average Bonchev–Trinajstić information content (AvgIpc) is 4.00. The van der Waals surface area contributed by atoms with Gasteiger partial charge < -0.3 is 13.7 Å². The molecule has 1 aliphatic rings. The van der Waals surface area contributed by atoms with Gasteiger partial charge in [0.25, 0.3) is 0 Å². The minimum atomic E-state index is 1.05.